The summed E-state index contributed by atoms with van der Waals surface area (Å²) in [5.41, 5.74) is 0. The van der Waals surface area contributed by atoms with Gasteiger partial charge in [-0.05, 0) is 26.2 Å². The lowest BCUT2D eigenvalue weighted by Crippen LogP contribution is -3.00. The second-order valence-corrected chi connectivity index (χ2v) is 9.88. The minimum atomic E-state index is -1.11. The Hall–Kier alpha value is 0.380. The Balaban J connectivity index is 0. The molecule has 0 bridgehead atoms. The molecule has 0 N–H and O–H groups in total. The summed E-state index contributed by atoms with van der Waals surface area (Å²) < 4.78 is 5.23. The summed E-state index contributed by atoms with van der Waals surface area (Å²) in [4.78, 5) is 12.0. The molecule has 0 spiro atoms. The lowest BCUT2D eigenvalue weighted by Gasteiger charge is -2.27. The van der Waals surface area contributed by atoms with Gasteiger partial charge in [-0.2, -0.15) is 0 Å². The average Bonchev–Trinajstić information content (AvgIpc) is 2.40. The molecule has 2 nitrogen and oxygen atoms in total. The highest BCUT2D eigenvalue weighted by molar-refractivity contribution is 7.76. The highest BCUT2D eigenvalue weighted by Crippen LogP contribution is 2.60. The third-order valence-electron chi connectivity index (χ3n) is 3.73. The molecule has 122 valence electrons. The van der Waals surface area contributed by atoms with Crippen LogP contribution in [0.5, 0.6) is 0 Å². The number of rotatable bonds is 12. The molecule has 0 aromatic carbocycles. The Labute approximate surface area is 137 Å². The molecule has 0 radical (unpaired) electrons. The quantitative estimate of drug-likeness (QED) is 0.388. The zero-order valence-electron chi connectivity index (χ0n) is 13.9. The first-order valence-electron chi connectivity index (χ1n) is 8.14. The first-order valence-corrected chi connectivity index (χ1v) is 10.7. The zero-order valence-corrected chi connectivity index (χ0v) is 16.4. The maximum atomic E-state index is 12.0. The van der Waals surface area contributed by atoms with Gasteiger partial charge in [0.15, 0.2) is 6.16 Å². The fourth-order valence-electron chi connectivity index (χ4n) is 2.53. The van der Waals surface area contributed by atoms with E-state index in [9.17, 15) is 4.79 Å². The van der Waals surface area contributed by atoms with Gasteiger partial charge in [-0.25, -0.2) is 4.79 Å². The Kier molecular flexibility index (Phi) is 16.2. The molecule has 0 fully saturated rings. The van der Waals surface area contributed by atoms with Crippen LogP contribution in [0.4, 0.5) is 0 Å². The number of carbonyl (C=O) groups excluding carboxylic acids is 1. The molecule has 0 aliphatic heterocycles. The number of halogens is 1. The van der Waals surface area contributed by atoms with Crippen molar-refractivity contribution in [2.75, 3.05) is 31.3 Å². The molecule has 0 aliphatic carbocycles. The molecule has 4 heteroatoms. The van der Waals surface area contributed by atoms with E-state index in [2.05, 4.69) is 20.8 Å². The van der Waals surface area contributed by atoms with Gasteiger partial charge in [-0.15, -0.1) is 0 Å². The van der Waals surface area contributed by atoms with Gasteiger partial charge in [0.25, 0.3) is 0 Å². The van der Waals surface area contributed by atoms with Crippen LogP contribution < -0.4 is 17.0 Å². The van der Waals surface area contributed by atoms with Gasteiger partial charge in [0.05, 0.1) is 25.1 Å². The van der Waals surface area contributed by atoms with Crippen molar-refractivity contribution in [2.24, 2.45) is 0 Å². The molecular formula is C16H34BrO2P. The van der Waals surface area contributed by atoms with Crippen molar-refractivity contribution < 1.29 is 26.5 Å². The maximum absolute atomic E-state index is 12.0. The molecule has 0 rings (SSSR count). The van der Waals surface area contributed by atoms with Crippen LogP contribution in [-0.4, -0.2) is 37.2 Å². The van der Waals surface area contributed by atoms with Gasteiger partial charge >= 0.3 is 5.97 Å². The van der Waals surface area contributed by atoms with Crippen LogP contribution in [0.15, 0.2) is 0 Å². The molecule has 0 aromatic heterocycles. The van der Waals surface area contributed by atoms with Crippen LogP contribution in [0.2, 0.25) is 0 Å². The van der Waals surface area contributed by atoms with E-state index in [4.69, 9.17) is 4.74 Å². The van der Waals surface area contributed by atoms with Crippen LogP contribution in [-0.2, 0) is 9.53 Å². The van der Waals surface area contributed by atoms with E-state index < -0.39 is 7.26 Å². The van der Waals surface area contributed by atoms with Crippen molar-refractivity contribution >= 4 is 13.2 Å². The van der Waals surface area contributed by atoms with Gasteiger partial charge in [0.1, 0.15) is 0 Å². The smallest absolute Gasteiger partial charge is 0.343 e. The van der Waals surface area contributed by atoms with E-state index in [0.29, 0.717) is 6.61 Å². The molecule has 0 aromatic rings. The Morgan fingerprint density at radius 3 is 1.55 bits per heavy atom. The van der Waals surface area contributed by atoms with E-state index in [1.54, 1.807) is 0 Å². The van der Waals surface area contributed by atoms with Crippen molar-refractivity contribution in [2.45, 2.75) is 66.2 Å². The molecule has 20 heavy (non-hydrogen) atoms. The van der Waals surface area contributed by atoms with Crippen LogP contribution in [0.1, 0.15) is 66.2 Å². The van der Waals surface area contributed by atoms with Crippen molar-refractivity contribution in [3.8, 4) is 0 Å². The molecule has 0 amide bonds. The summed E-state index contributed by atoms with van der Waals surface area (Å²) in [6.45, 7) is 9.17. The summed E-state index contributed by atoms with van der Waals surface area (Å²) in [5.74, 6) is 0.0548. The van der Waals surface area contributed by atoms with Gasteiger partial charge in [0, 0.05) is 7.26 Å². The second kappa shape index (κ2) is 14.3. The van der Waals surface area contributed by atoms with Crippen LogP contribution in [0, 0.1) is 0 Å². The molecular weight excluding hydrogens is 335 g/mol. The first-order chi connectivity index (χ1) is 9.14. The molecule has 0 aliphatic rings. The summed E-state index contributed by atoms with van der Waals surface area (Å²) in [6.07, 6.45) is 12.2. The van der Waals surface area contributed by atoms with Crippen molar-refractivity contribution in [3.05, 3.63) is 0 Å². The third kappa shape index (κ3) is 10.2. The molecule has 0 unspecified atom stereocenters. The fourth-order valence-corrected chi connectivity index (χ4v) is 7.28. The number of unbranched alkanes of at least 4 members (excludes halogenated alkanes) is 3. The van der Waals surface area contributed by atoms with Crippen LogP contribution in [0.25, 0.3) is 0 Å². The summed E-state index contributed by atoms with van der Waals surface area (Å²) in [7, 11) is -1.11. The SMILES string of the molecule is CCCC[P+](CCCC)(CCCC)CC(=O)OCC.[Br-]. The number of hydrogen-bond donors (Lipinski definition) is 0. The number of esters is 1. The summed E-state index contributed by atoms with van der Waals surface area (Å²) in [6, 6.07) is 0. The van der Waals surface area contributed by atoms with Gasteiger partial charge in [-0.3, -0.25) is 0 Å². The highest BCUT2D eigenvalue weighted by atomic mass is 79.9. The average molecular weight is 369 g/mol. The molecule has 0 heterocycles. The van der Waals surface area contributed by atoms with E-state index in [-0.39, 0.29) is 23.0 Å². The fraction of sp³-hybridized carbons (Fsp3) is 0.938. The maximum Gasteiger partial charge on any atom is 0.343 e. The standard InChI is InChI=1S/C16H34O2P.BrH/c1-5-9-12-19(13-10-6-2,14-11-7-3)15-16(17)18-8-4;/h5-15H2,1-4H3;1H/q+1;/p-1. The predicted octanol–water partition coefficient (Wildman–Crippen LogP) is 1.97. The summed E-state index contributed by atoms with van der Waals surface area (Å²) >= 11 is 0. The van der Waals surface area contributed by atoms with E-state index in [1.165, 1.54) is 57.0 Å². The zero-order chi connectivity index (χ0) is 14.6. The highest BCUT2D eigenvalue weighted by Gasteiger charge is 2.38. The molecule has 0 atom stereocenters. The molecule has 0 saturated carbocycles. The normalized spacial score (nSPS) is 11.0. The lowest BCUT2D eigenvalue weighted by atomic mass is 10.4. The summed E-state index contributed by atoms with van der Waals surface area (Å²) in [5, 5.41) is 0. The van der Waals surface area contributed by atoms with E-state index in [0.717, 1.165) is 6.16 Å². The predicted molar refractivity (Wildman–Crippen MR) is 87.7 cm³/mol. The Morgan fingerprint density at radius 1 is 0.850 bits per heavy atom. The van der Waals surface area contributed by atoms with Crippen molar-refractivity contribution in [3.63, 3.8) is 0 Å². The Morgan fingerprint density at radius 2 is 1.25 bits per heavy atom. The van der Waals surface area contributed by atoms with Crippen LogP contribution >= 0.6 is 7.26 Å². The van der Waals surface area contributed by atoms with Crippen molar-refractivity contribution in [1.82, 2.24) is 0 Å². The van der Waals surface area contributed by atoms with Gasteiger partial charge in [-0.1, -0.05) is 40.0 Å². The van der Waals surface area contributed by atoms with Gasteiger partial charge in [0.2, 0.25) is 0 Å². The van der Waals surface area contributed by atoms with Gasteiger partial charge < -0.3 is 21.7 Å². The number of ether oxygens (including phenoxy) is 1. The van der Waals surface area contributed by atoms with Crippen molar-refractivity contribution in [1.29, 1.82) is 0 Å². The number of carbonyl (C=O) groups is 1. The Bertz CT molecular complexity index is 213. The second-order valence-electron chi connectivity index (χ2n) is 5.54. The monoisotopic (exact) mass is 368 g/mol. The number of hydrogen-bond acceptors (Lipinski definition) is 2. The van der Waals surface area contributed by atoms with E-state index >= 15 is 0 Å². The van der Waals surface area contributed by atoms with Crippen LogP contribution in [0.3, 0.4) is 0 Å². The largest absolute Gasteiger partial charge is 1.00 e. The lowest BCUT2D eigenvalue weighted by molar-refractivity contribution is -0.140. The topological polar surface area (TPSA) is 26.3 Å². The van der Waals surface area contributed by atoms with E-state index in [1.807, 2.05) is 6.92 Å². The minimum absolute atomic E-state index is 0. The molecule has 0 saturated heterocycles. The third-order valence-corrected chi connectivity index (χ3v) is 8.45. The minimum Gasteiger partial charge on any atom is -1.00 e. The first kappa shape index (κ1) is 22.7.